The maximum absolute atomic E-state index is 12.6. The van der Waals surface area contributed by atoms with Gasteiger partial charge in [-0.2, -0.15) is 0 Å². The van der Waals surface area contributed by atoms with Crippen LogP contribution in [-0.4, -0.2) is 58.1 Å². The summed E-state index contributed by atoms with van der Waals surface area (Å²) in [6.07, 6.45) is 4.87. The van der Waals surface area contributed by atoms with Gasteiger partial charge in [-0.3, -0.25) is 9.78 Å². The summed E-state index contributed by atoms with van der Waals surface area (Å²) in [7, 11) is 0. The second kappa shape index (κ2) is 7.35. The van der Waals surface area contributed by atoms with Crippen LogP contribution < -0.4 is 5.32 Å². The summed E-state index contributed by atoms with van der Waals surface area (Å²) in [6, 6.07) is 7.34. The van der Waals surface area contributed by atoms with Crippen LogP contribution in [0.25, 0.3) is 0 Å². The number of hydrogen-bond acceptors (Lipinski definition) is 7. The molecule has 2 aromatic rings. The molecule has 2 saturated heterocycles. The molecule has 0 unspecified atom stereocenters. The van der Waals surface area contributed by atoms with Crippen LogP contribution in [0.4, 0.5) is 5.82 Å². The zero-order chi connectivity index (χ0) is 17.8. The molecule has 8 heteroatoms. The highest BCUT2D eigenvalue weighted by molar-refractivity contribution is 5.92. The van der Waals surface area contributed by atoms with E-state index in [2.05, 4.69) is 20.5 Å². The zero-order valence-corrected chi connectivity index (χ0v) is 14.4. The maximum Gasteiger partial charge on any atom is 0.274 e. The lowest BCUT2D eigenvalue weighted by Gasteiger charge is -2.37. The molecule has 0 atom stereocenters. The maximum atomic E-state index is 12.6. The smallest absolute Gasteiger partial charge is 0.274 e. The minimum absolute atomic E-state index is 0.106. The molecule has 0 saturated carbocycles. The summed E-state index contributed by atoms with van der Waals surface area (Å²) in [4.78, 5) is 18.4. The van der Waals surface area contributed by atoms with Crippen molar-refractivity contribution in [2.45, 2.75) is 25.2 Å². The summed E-state index contributed by atoms with van der Waals surface area (Å²) in [5.41, 5.74) is 1.45. The van der Waals surface area contributed by atoms with Crippen molar-refractivity contribution in [2.24, 2.45) is 0 Å². The number of carbonyl (C=O) groups excluding carboxylic acids is 1. The van der Waals surface area contributed by atoms with E-state index in [-0.39, 0.29) is 5.91 Å². The van der Waals surface area contributed by atoms with Crippen LogP contribution in [0.2, 0.25) is 0 Å². The van der Waals surface area contributed by atoms with Crippen molar-refractivity contribution in [1.82, 2.24) is 20.1 Å². The van der Waals surface area contributed by atoms with Crippen LogP contribution in [0, 0.1) is 0 Å². The van der Waals surface area contributed by atoms with Gasteiger partial charge >= 0.3 is 0 Å². The molecule has 4 rings (SSSR count). The van der Waals surface area contributed by atoms with Gasteiger partial charge in [0.05, 0.1) is 13.2 Å². The summed E-state index contributed by atoms with van der Waals surface area (Å²) < 4.78 is 11.4. The van der Waals surface area contributed by atoms with Gasteiger partial charge in [-0.05, 0) is 29.8 Å². The molecule has 0 radical (unpaired) electrons. The van der Waals surface area contributed by atoms with E-state index < -0.39 is 5.79 Å². The fourth-order valence-electron chi connectivity index (χ4n) is 3.23. The third-order valence-corrected chi connectivity index (χ3v) is 4.73. The lowest BCUT2D eigenvalue weighted by atomic mass is 10.0. The van der Waals surface area contributed by atoms with E-state index in [1.165, 1.54) is 0 Å². The second-order valence-corrected chi connectivity index (χ2v) is 6.41. The SMILES string of the molecule is O=C(c1ccc(NCc2ccncc2)nn1)N1CCC2(CC1)OCCO2. The first-order chi connectivity index (χ1) is 12.7. The predicted molar refractivity (Wildman–Crippen MR) is 93.4 cm³/mol. The highest BCUT2D eigenvalue weighted by Crippen LogP contribution is 2.31. The summed E-state index contributed by atoms with van der Waals surface area (Å²) in [5, 5.41) is 11.4. The lowest BCUT2D eigenvalue weighted by molar-refractivity contribution is -0.181. The van der Waals surface area contributed by atoms with E-state index in [0.717, 1.165) is 5.56 Å². The molecular formula is C18H21N5O3. The number of pyridine rings is 1. The lowest BCUT2D eigenvalue weighted by Crippen LogP contribution is -2.47. The molecule has 4 heterocycles. The van der Waals surface area contributed by atoms with Gasteiger partial charge in [0, 0.05) is 44.9 Å². The number of carbonyl (C=O) groups is 1. The number of rotatable bonds is 4. The molecule has 2 fully saturated rings. The van der Waals surface area contributed by atoms with Crippen molar-refractivity contribution in [3.8, 4) is 0 Å². The van der Waals surface area contributed by atoms with E-state index in [1.807, 2.05) is 12.1 Å². The Labute approximate surface area is 151 Å². The predicted octanol–water partition coefficient (Wildman–Crippen LogP) is 1.46. The molecule has 1 spiro atoms. The van der Waals surface area contributed by atoms with Gasteiger partial charge in [-0.1, -0.05) is 0 Å². The van der Waals surface area contributed by atoms with Crippen molar-refractivity contribution < 1.29 is 14.3 Å². The third-order valence-electron chi connectivity index (χ3n) is 4.73. The summed E-state index contributed by atoms with van der Waals surface area (Å²) in [5.74, 6) is 0.0400. The van der Waals surface area contributed by atoms with Gasteiger partial charge in [0.15, 0.2) is 11.5 Å². The van der Waals surface area contributed by atoms with Crippen LogP contribution in [0.1, 0.15) is 28.9 Å². The number of amides is 1. The Bertz CT molecular complexity index is 737. The first-order valence-corrected chi connectivity index (χ1v) is 8.78. The number of hydrogen-bond donors (Lipinski definition) is 1. The minimum atomic E-state index is -0.483. The van der Waals surface area contributed by atoms with E-state index >= 15 is 0 Å². The molecule has 1 amide bonds. The molecule has 0 bridgehead atoms. The van der Waals surface area contributed by atoms with Crippen molar-refractivity contribution in [2.75, 3.05) is 31.6 Å². The van der Waals surface area contributed by atoms with Crippen LogP contribution in [0.3, 0.4) is 0 Å². The summed E-state index contributed by atoms with van der Waals surface area (Å²) >= 11 is 0. The number of nitrogens with one attached hydrogen (secondary N) is 1. The Hall–Kier alpha value is -2.58. The van der Waals surface area contributed by atoms with Crippen molar-refractivity contribution in [3.05, 3.63) is 47.9 Å². The van der Waals surface area contributed by atoms with Crippen molar-refractivity contribution in [3.63, 3.8) is 0 Å². The molecule has 136 valence electrons. The topological polar surface area (TPSA) is 89.5 Å². The Kier molecular flexibility index (Phi) is 4.77. The van der Waals surface area contributed by atoms with E-state index in [0.29, 0.717) is 57.2 Å². The Balaban J connectivity index is 1.32. The molecule has 0 aliphatic carbocycles. The number of likely N-dealkylation sites (tertiary alicyclic amines) is 1. The molecule has 1 N–H and O–H groups in total. The van der Waals surface area contributed by atoms with E-state index in [4.69, 9.17) is 9.47 Å². The largest absolute Gasteiger partial charge is 0.365 e. The van der Waals surface area contributed by atoms with Crippen LogP contribution in [-0.2, 0) is 16.0 Å². The molecule has 0 aromatic carbocycles. The van der Waals surface area contributed by atoms with Gasteiger partial charge in [-0.15, -0.1) is 10.2 Å². The average Bonchev–Trinajstić information content (AvgIpc) is 3.16. The van der Waals surface area contributed by atoms with Crippen molar-refractivity contribution in [1.29, 1.82) is 0 Å². The second-order valence-electron chi connectivity index (χ2n) is 6.41. The Morgan fingerprint density at radius 1 is 1.08 bits per heavy atom. The average molecular weight is 355 g/mol. The standard InChI is InChI=1S/C18H21N5O3/c24-17(23-9-5-18(6-10-23)25-11-12-26-18)15-1-2-16(22-21-15)20-13-14-3-7-19-8-4-14/h1-4,7-8H,5-6,9-13H2,(H,20,22). The fourth-order valence-corrected chi connectivity index (χ4v) is 3.23. The normalized spacial score (nSPS) is 18.8. The van der Waals surface area contributed by atoms with Crippen LogP contribution in [0.15, 0.2) is 36.7 Å². The Morgan fingerprint density at radius 2 is 1.81 bits per heavy atom. The van der Waals surface area contributed by atoms with E-state index in [9.17, 15) is 4.79 Å². The molecule has 26 heavy (non-hydrogen) atoms. The number of aromatic nitrogens is 3. The molecule has 2 aromatic heterocycles. The molecular weight excluding hydrogens is 334 g/mol. The molecule has 2 aliphatic heterocycles. The van der Waals surface area contributed by atoms with Gasteiger partial charge in [-0.25, -0.2) is 0 Å². The number of anilines is 1. The highest BCUT2D eigenvalue weighted by atomic mass is 16.7. The van der Waals surface area contributed by atoms with Crippen LogP contribution in [0.5, 0.6) is 0 Å². The quantitative estimate of drug-likeness (QED) is 0.888. The van der Waals surface area contributed by atoms with E-state index in [1.54, 1.807) is 29.4 Å². The number of ether oxygens (including phenoxy) is 2. The van der Waals surface area contributed by atoms with Gasteiger partial charge in [0.1, 0.15) is 5.82 Å². The van der Waals surface area contributed by atoms with Gasteiger partial charge in [0.25, 0.3) is 5.91 Å². The highest BCUT2D eigenvalue weighted by Gasteiger charge is 2.41. The summed E-state index contributed by atoms with van der Waals surface area (Å²) in [6.45, 7) is 3.09. The van der Waals surface area contributed by atoms with Crippen LogP contribution >= 0.6 is 0 Å². The third kappa shape index (κ3) is 3.66. The fraction of sp³-hybridized carbons (Fsp3) is 0.444. The molecule has 2 aliphatic rings. The van der Waals surface area contributed by atoms with Crippen molar-refractivity contribution >= 4 is 11.7 Å². The first kappa shape index (κ1) is 16.9. The first-order valence-electron chi connectivity index (χ1n) is 8.78. The minimum Gasteiger partial charge on any atom is -0.365 e. The molecule has 8 nitrogen and oxygen atoms in total. The number of nitrogens with zero attached hydrogens (tertiary/aromatic N) is 4. The van der Waals surface area contributed by atoms with Gasteiger partial charge < -0.3 is 19.7 Å². The Morgan fingerprint density at radius 3 is 2.46 bits per heavy atom. The zero-order valence-electron chi connectivity index (χ0n) is 14.4. The van der Waals surface area contributed by atoms with Gasteiger partial charge in [0.2, 0.25) is 0 Å². The monoisotopic (exact) mass is 355 g/mol. The number of piperidine rings is 1.